The molecule has 2 rings (SSSR count). The van der Waals surface area contributed by atoms with Crippen LogP contribution >= 0.6 is 0 Å². The van der Waals surface area contributed by atoms with Crippen LogP contribution in [0.1, 0.15) is 29.6 Å². The number of nitrogens with zero attached hydrogens (tertiary/aromatic N) is 2. The van der Waals surface area contributed by atoms with Gasteiger partial charge in [-0.2, -0.15) is 4.98 Å². The van der Waals surface area contributed by atoms with Gasteiger partial charge in [0, 0.05) is 19.5 Å². The number of ether oxygens (including phenoxy) is 2. The van der Waals surface area contributed by atoms with Gasteiger partial charge in [-0.15, -0.1) is 0 Å². The number of anilines is 1. The Balaban J connectivity index is 2.14. The molecule has 116 valence electrons. The number of carbonyl (C=O) groups excluding carboxylic acids is 1. The summed E-state index contributed by atoms with van der Waals surface area (Å²) < 4.78 is 9.86. The Labute approximate surface area is 124 Å². The molecule has 0 aromatic carbocycles. The molecular weight excluding hydrogens is 272 g/mol. The fourth-order valence-corrected chi connectivity index (χ4v) is 2.74. The second kappa shape index (κ2) is 6.76. The Morgan fingerprint density at radius 2 is 2.19 bits per heavy atom. The molecule has 1 aromatic rings. The maximum absolute atomic E-state index is 11.6. The summed E-state index contributed by atoms with van der Waals surface area (Å²) in [5, 5.41) is 9.90. The minimum Gasteiger partial charge on any atom is -0.480 e. The van der Waals surface area contributed by atoms with Crippen molar-refractivity contribution in [2.24, 2.45) is 5.92 Å². The van der Waals surface area contributed by atoms with Gasteiger partial charge < -0.3 is 19.5 Å². The number of aliphatic hydroxyl groups is 1. The third kappa shape index (κ3) is 3.44. The molecule has 0 saturated heterocycles. The topological polar surface area (TPSA) is 71.9 Å². The molecule has 0 bridgehead atoms. The van der Waals surface area contributed by atoms with Crippen molar-refractivity contribution in [1.29, 1.82) is 0 Å². The third-order valence-electron chi connectivity index (χ3n) is 3.96. The summed E-state index contributed by atoms with van der Waals surface area (Å²) in [6.45, 7) is 0.731. The minimum atomic E-state index is -0.472. The van der Waals surface area contributed by atoms with E-state index in [-0.39, 0.29) is 17.9 Å². The lowest BCUT2D eigenvalue weighted by Crippen LogP contribution is -2.30. The number of hydrogen-bond acceptors (Lipinski definition) is 6. The van der Waals surface area contributed by atoms with E-state index in [0.29, 0.717) is 11.4 Å². The van der Waals surface area contributed by atoms with Gasteiger partial charge in [0.15, 0.2) is 0 Å². The summed E-state index contributed by atoms with van der Waals surface area (Å²) in [4.78, 5) is 17.9. The standard InChI is InChI=1S/C15H22N2O4/c1-17(9-10-5-4-6-12(10)18)13-8-7-11(15(19)21-3)14(16-13)20-2/h7-8,10,12,18H,4-6,9H2,1-3H3. The molecule has 1 heterocycles. The summed E-state index contributed by atoms with van der Waals surface area (Å²) in [6.07, 6.45) is 2.74. The van der Waals surface area contributed by atoms with Crippen molar-refractivity contribution in [1.82, 2.24) is 4.98 Å². The summed E-state index contributed by atoms with van der Waals surface area (Å²) in [5.74, 6) is 0.750. The predicted molar refractivity (Wildman–Crippen MR) is 78.7 cm³/mol. The Kier molecular flexibility index (Phi) is 5.01. The van der Waals surface area contributed by atoms with Crippen LogP contribution in [0.2, 0.25) is 0 Å². The van der Waals surface area contributed by atoms with Gasteiger partial charge in [-0.3, -0.25) is 0 Å². The van der Waals surface area contributed by atoms with E-state index in [4.69, 9.17) is 9.47 Å². The van der Waals surface area contributed by atoms with E-state index in [9.17, 15) is 9.90 Å². The Morgan fingerprint density at radius 1 is 1.43 bits per heavy atom. The first-order valence-electron chi connectivity index (χ1n) is 7.09. The summed E-state index contributed by atoms with van der Waals surface area (Å²) >= 11 is 0. The fourth-order valence-electron chi connectivity index (χ4n) is 2.74. The second-order valence-electron chi connectivity index (χ2n) is 5.36. The fraction of sp³-hybridized carbons (Fsp3) is 0.600. The van der Waals surface area contributed by atoms with Crippen LogP contribution in [-0.2, 0) is 4.74 Å². The maximum atomic E-state index is 11.6. The zero-order valence-corrected chi connectivity index (χ0v) is 12.7. The van der Waals surface area contributed by atoms with Crippen LogP contribution in [0.15, 0.2) is 12.1 Å². The van der Waals surface area contributed by atoms with E-state index in [2.05, 4.69) is 4.98 Å². The molecule has 21 heavy (non-hydrogen) atoms. The predicted octanol–water partition coefficient (Wildman–Crippen LogP) is 1.47. The molecule has 0 aliphatic heterocycles. The maximum Gasteiger partial charge on any atom is 0.343 e. The second-order valence-corrected chi connectivity index (χ2v) is 5.36. The van der Waals surface area contributed by atoms with Gasteiger partial charge in [0.1, 0.15) is 11.4 Å². The first-order chi connectivity index (χ1) is 10.1. The number of pyridine rings is 1. The monoisotopic (exact) mass is 294 g/mol. The molecule has 1 fully saturated rings. The lowest BCUT2D eigenvalue weighted by molar-refractivity contribution is 0.0596. The van der Waals surface area contributed by atoms with E-state index in [1.807, 2.05) is 11.9 Å². The molecule has 0 spiro atoms. The average Bonchev–Trinajstić information content (AvgIpc) is 2.90. The molecule has 1 N–H and O–H groups in total. The zero-order chi connectivity index (χ0) is 15.4. The van der Waals surface area contributed by atoms with E-state index in [0.717, 1.165) is 25.8 Å². The van der Waals surface area contributed by atoms with Gasteiger partial charge in [0.05, 0.1) is 20.3 Å². The van der Waals surface area contributed by atoms with Crippen LogP contribution in [0.3, 0.4) is 0 Å². The molecule has 1 aliphatic rings. The first-order valence-corrected chi connectivity index (χ1v) is 7.09. The SMILES string of the molecule is COC(=O)c1ccc(N(C)CC2CCCC2O)nc1OC. The molecule has 1 aliphatic carbocycles. The number of aromatic nitrogens is 1. The van der Waals surface area contributed by atoms with E-state index >= 15 is 0 Å². The highest BCUT2D eigenvalue weighted by Gasteiger charge is 2.27. The van der Waals surface area contributed by atoms with Gasteiger partial charge in [0.25, 0.3) is 0 Å². The van der Waals surface area contributed by atoms with Crippen molar-refractivity contribution in [3.05, 3.63) is 17.7 Å². The Hall–Kier alpha value is -1.82. The molecule has 1 saturated carbocycles. The molecular formula is C15H22N2O4. The summed E-state index contributed by atoms with van der Waals surface area (Å²) in [5.41, 5.74) is 0.304. The van der Waals surface area contributed by atoms with Crippen molar-refractivity contribution in [3.63, 3.8) is 0 Å². The lowest BCUT2D eigenvalue weighted by atomic mass is 10.1. The van der Waals surface area contributed by atoms with Crippen molar-refractivity contribution in [2.45, 2.75) is 25.4 Å². The van der Waals surface area contributed by atoms with Gasteiger partial charge >= 0.3 is 5.97 Å². The van der Waals surface area contributed by atoms with Crippen molar-refractivity contribution >= 4 is 11.8 Å². The van der Waals surface area contributed by atoms with Gasteiger partial charge in [-0.05, 0) is 25.0 Å². The number of rotatable bonds is 5. The highest BCUT2D eigenvalue weighted by Crippen LogP contribution is 2.28. The normalized spacial score (nSPS) is 21.1. The molecule has 1 aromatic heterocycles. The lowest BCUT2D eigenvalue weighted by Gasteiger charge is -2.24. The number of carbonyl (C=O) groups is 1. The number of aliphatic hydroxyl groups excluding tert-OH is 1. The quantitative estimate of drug-likeness (QED) is 0.829. The largest absolute Gasteiger partial charge is 0.480 e. The minimum absolute atomic E-state index is 0.233. The highest BCUT2D eigenvalue weighted by atomic mass is 16.5. The first kappa shape index (κ1) is 15.6. The third-order valence-corrected chi connectivity index (χ3v) is 3.96. The van der Waals surface area contributed by atoms with Crippen molar-refractivity contribution in [2.75, 3.05) is 32.7 Å². The van der Waals surface area contributed by atoms with Crippen molar-refractivity contribution in [3.8, 4) is 5.88 Å². The van der Waals surface area contributed by atoms with E-state index in [1.165, 1.54) is 14.2 Å². The van der Waals surface area contributed by atoms with Crippen LogP contribution in [0.25, 0.3) is 0 Å². The smallest absolute Gasteiger partial charge is 0.343 e. The van der Waals surface area contributed by atoms with Crippen LogP contribution < -0.4 is 9.64 Å². The van der Waals surface area contributed by atoms with E-state index in [1.54, 1.807) is 12.1 Å². The summed E-state index contributed by atoms with van der Waals surface area (Å²) in [7, 11) is 4.72. The molecule has 0 amide bonds. The van der Waals surface area contributed by atoms with E-state index < -0.39 is 5.97 Å². The Morgan fingerprint density at radius 3 is 2.76 bits per heavy atom. The van der Waals surface area contributed by atoms with Gasteiger partial charge in [0.2, 0.25) is 5.88 Å². The molecule has 0 radical (unpaired) electrons. The van der Waals surface area contributed by atoms with Crippen LogP contribution in [0.4, 0.5) is 5.82 Å². The Bertz CT molecular complexity index is 506. The molecule has 6 nitrogen and oxygen atoms in total. The number of methoxy groups -OCH3 is 2. The molecule has 2 unspecified atom stereocenters. The van der Waals surface area contributed by atoms with Crippen molar-refractivity contribution < 1.29 is 19.4 Å². The summed E-state index contributed by atoms with van der Waals surface area (Å²) in [6, 6.07) is 3.41. The number of esters is 1. The average molecular weight is 294 g/mol. The van der Waals surface area contributed by atoms with Gasteiger partial charge in [-0.1, -0.05) is 6.42 Å². The van der Waals surface area contributed by atoms with Gasteiger partial charge in [-0.25, -0.2) is 4.79 Å². The molecule has 6 heteroatoms. The van der Waals surface area contributed by atoms with Crippen LogP contribution in [-0.4, -0.2) is 50.0 Å². The highest BCUT2D eigenvalue weighted by molar-refractivity contribution is 5.92. The molecule has 2 atom stereocenters. The van der Waals surface area contributed by atoms with Crippen LogP contribution in [0, 0.1) is 5.92 Å². The zero-order valence-electron chi connectivity index (χ0n) is 12.7. The number of hydrogen-bond donors (Lipinski definition) is 1. The van der Waals surface area contributed by atoms with Crippen LogP contribution in [0.5, 0.6) is 5.88 Å².